The second-order valence-corrected chi connectivity index (χ2v) is 4.81. The molecule has 24 heavy (non-hydrogen) atoms. The number of hydrogen-bond donors (Lipinski definition) is 2. The molecule has 2 N–H and O–H groups in total. The molecular formula is C16H14N4O4. The van der Waals surface area contributed by atoms with Crippen LogP contribution < -0.4 is 10.1 Å². The lowest BCUT2D eigenvalue weighted by Crippen LogP contribution is -2.23. The number of aromatic hydroxyl groups is 1. The van der Waals surface area contributed by atoms with Gasteiger partial charge in [-0.05, 0) is 24.3 Å². The van der Waals surface area contributed by atoms with Crippen molar-refractivity contribution in [1.82, 2.24) is 20.4 Å². The Morgan fingerprint density at radius 1 is 1.29 bits per heavy atom. The van der Waals surface area contributed by atoms with Gasteiger partial charge in [-0.2, -0.15) is 4.98 Å². The van der Waals surface area contributed by atoms with Crippen LogP contribution in [0.3, 0.4) is 0 Å². The molecule has 2 aromatic heterocycles. The summed E-state index contributed by atoms with van der Waals surface area (Å²) in [5.41, 5.74) is 0.892. The van der Waals surface area contributed by atoms with Gasteiger partial charge in [0, 0.05) is 24.0 Å². The Kier molecular flexibility index (Phi) is 4.37. The summed E-state index contributed by atoms with van der Waals surface area (Å²) in [6.07, 6.45) is 3.25. The summed E-state index contributed by atoms with van der Waals surface area (Å²) in [7, 11) is 1.48. The van der Waals surface area contributed by atoms with Crippen LogP contribution in [0.2, 0.25) is 0 Å². The molecule has 0 atom stereocenters. The quantitative estimate of drug-likeness (QED) is 0.735. The van der Waals surface area contributed by atoms with Gasteiger partial charge in [0.15, 0.2) is 0 Å². The van der Waals surface area contributed by atoms with E-state index in [1.54, 1.807) is 30.6 Å². The normalized spacial score (nSPS) is 10.4. The molecular weight excluding hydrogens is 312 g/mol. The second kappa shape index (κ2) is 6.78. The molecule has 1 aromatic carbocycles. The van der Waals surface area contributed by atoms with E-state index in [1.165, 1.54) is 19.2 Å². The predicted molar refractivity (Wildman–Crippen MR) is 83.4 cm³/mol. The number of pyridine rings is 1. The third kappa shape index (κ3) is 3.32. The average molecular weight is 326 g/mol. The third-order valence-corrected chi connectivity index (χ3v) is 3.26. The van der Waals surface area contributed by atoms with Crippen LogP contribution in [-0.2, 0) is 6.54 Å². The van der Waals surface area contributed by atoms with E-state index in [9.17, 15) is 9.90 Å². The molecule has 0 radical (unpaired) electrons. The molecule has 0 spiro atoms. The van der Waals surface area contributed by atoms with Gasteiger partial charge in [0.05, 0.1) is 19.2 Å². The Labute approximate surface area is 137 Å². The summed E-state index contributed by atoms with van der Waals surface area (Å²) in [4.78, 5) is 20.2. The lowest BCUT2D eigenvalue weighted by molar-refractivity contribution is 0.0943. The van der Waals surface area contributed by atoms with E-state index in [4.69, 9.17) is 9.26 Å². The highest BCUT2D eigenvalue weighted by Gasteiger charge is 2.14. The monoisotopic (exact) mass is 326 g/mol. The van der Waals surface area contributed by atoms with Crippen LogP contribution in [0, 0.1) is 0 Å². The summed E-state index contributed by atoms with van der Waals surface area (Å²) in [6.45, 7) is 0.0440. The summed E-state index contributed by atoms with van der Waals surface area (Å²) >= 11 is 0. The predicted octanol–water partition coefficient (Wildman–Crippen LogP) is 1.78. The number of nitrogens with one attached hydrogen (secondary N) is 1. The summed E-state index contributed by atoms with van der Waals surface area (Å²) in [5.74, 6) is 0.494. The zero-order valence-corrected chi connectivity index (χ0v) is 12.8. The molecule has 0 bridgehead atoms. The van der Waals surface area contributed by atoms with Crippen LogP contribution >= 0.6 is 0 Å². The minimum Gasteiger partial charge on any atom is -0.507 e. The molecule has 0 aliphatic heterocycles. The fourth-order valence-corrected chi connectivity index (χ4v) is 2.03. The molecule has 8 heteroatoms. The molecule has 2 heterocycles. The van der Waals surface area contributed by atoms with Crippen LogP contribution in [0.1, 0.15) is 16.2 Å². The van der Waals surface area contributed by atoms with E-state index in [1.807, 2.05) is 0 Å². The first-order valence-electron chi connectivity index (χ1n) is 7.05. The third-order valence-electron chi connectivity index (χ3n) is 3.26. The topological polar surface area (TPSA) is 110 Å². The summed E-state index contributed by atoms with van der Waals surface area (Å²) in [5, 5.41) is 16.3. The van der Waals surface area contributed by atoms with Crippen molar-refractivity contribution in [2.24, 2.45) is 0 Å². The van der Waals surface area contributed by atoms with E-state index >= 15 is 0 Å². The first-order valence-corrected chi connectivity index (χ1v) is 7.05. The lowest BCUT2D eigenvalue weighted by atomic mass is 10.2. The molecule has 0 unspecified atom stereocenters. The summed E-state index contributed by atoms with van der Waals surface area (Å²) in [6, 6.07) is 7.93. The van der Waals surface area contributed by atoms with Gasteiger partial charge in [0.2, 0.25) is 11.7 Å². The molecule has 3 rings (SSSR count). The molecule has 0 fully saturated rings. The van der Waals surface area contributed by atoms with E-state index in [2.05, 4.69) is 20.4 Å². The van der Waals surface area contributed by atoms with Crippen molar-refractivity contribution >= 4 is 5.91 Å². The van der Waals surface area contributed by atoms with E-state index in [0.29, 0.717) is 11.6 Å². The van der Waals surface area contributed by atoms with Crippen molar-refractivity contribution in [1.29, 1.82) is 0 Å². The molecule has 0 saturated carbocycles. The zero-order valence-electron chi connectivity index (χ0n) is 12.8. The molecule has 1 amide bonds. The van der Waals surface area contributed by atoms with Gasteiger partial charge in [-0.15, -0.1) is 0 Å². The van der Waals surface area contributed by atoms with Crippen molar-refractivity contribution in [3.63, 3.8) is 0 Å². The molecule has 0 saturated heterocycles. The smallest absolute Gasteiger partial charge is 0.255 e. The molecule has 8 nitrogen and oxygen atoms in total. The number of rotatable bonds is 5. The highest BCUT2D eigenvalue weighted by atomic mass is 16.5. The maximum Gasteiger partial charge on any atom is 0.255 e. The first kappa shape index (κ1) is 15.5. The Balaban J connectivity index is 1.66. The van der Waals surface area contributed by atoms with Gasteiger partial charge >= 0.3 is 0 Å². The number of hydrogen-bond acceptors (Lipinski definition) is 7. The van der Waals surface area contributed by atoms with Crippen LogP contribution in [0.25, 0.3) is 11.4 Å². The number of carbonyl (C=O) groups excluding carboxylic acids is 1. The fourth-order valence-electron chi connectivity index (χ4n) is 2.03. The number of methoxy groups -OCH3 is 1. The van der Waals surface area contributed by atoms with Crippen LogP contribution in [0.4, 0.5) is 0 Å². The average Bonchev–Trinajstić information content (AvgIpc) is 3.09. The molecule has 122 valence electrons. The van der Waals surface area contributed by atoms with Gasteiger partial charge < -0.3 is 19.7 Å². The van der Waals surface area contributed by atoms with Crippen LogP contribution in [0.5, 0.6) is 11.5 Å². The Morgan fingerprint density at radius 3 is 2.79 bits per heavy atom. The van der Waals surface area contributed by atoms with Crippen molar-refractivity contribution < 1.29 is 19.2 Å². The van der Waals surface area contributed by atoms with E-state index in [0.717, 1.165) is 5.56 Å². The number of benzene rings is 1. The molecule has 0 aliphatic carbocycles. The van der Waals surface area contributed by atoms with Crippen molar-refractivity contribution in [3.05, 3.63) is 54.2 Å². The fraction of sp³-hybridized carbons (Fsp3) is 0.125. The minimum atomic E-state index is -0.459. The Bertz CT molecular complexity index is 848. The van der Waals surface area contributed by atoms with Gasteiger partial charge in [-0.25, -0.2) is 0 Å². The van der Waals surface area contributed by atoms with E-state index < -0.39 is 5.91 Å². The van der Waals surface area contributed by atoms with Crippen molar-refractivity contribution in [2.45, 2.75) is 6.54 Å². The minimum absolute atomic E-state index is 0.0440. The highest BCUT2D eigenvalue weighted by molar-refractivity contribution is 5.96. The Hall–Kier alpha value is -3.42. The van der Waals surface area contributed by atoms with Crippen LogP contribution in [0.15, 0.2) is 47.2 Å². The van der Waals surface area contributed by atoms with Gasteiger partial charge in [-0.3, -0.25) is 9.78 Å². The Morgan fingerprint density at radius 2 is 2.08 bits per heavy atom. The number of ether oxygens (including phenoxy) is 1. The van der Waals surface area contributed by atoms with Gasteiger partial charge in [-0.1, -0.05) is 5.16 Å². The SMILES string of the molecule is COc1ccc(C(=O)NCc2nc(-c3ccncc3)no2)c(O)c1. The number of phenols is 1. The first-order chi connectivity index (χ1) is 11.7. The van der Waals surface area contributed by atoms with Crippen molar-refractivity contribution in [3.8, 4) is 22.9 Å². The number of amides is 1. The van der Waals surface area contributed by atoms with Crippen molar-refractivity contribution in [2.75, 3.05) is 7.11 Å². The number of carbonyl (C=O) groups is 1. The van der Waals surface area contributed by atoms with Gasteiger partial charge in [0.25, 0.3) is 5.91 Å². The lowest BCUT2D eigenvalue weighted by Gasteiger charge is -2.06. The maximum absolute atomic E-state index is 12.1. The highest BCUT2D eigenvalue weighted by Crippen LogP contribution is 2.23. The second-order valence-electron chi connectivity index (χ2n) is 4.81. The van der Waals surface area contributed by atoms with Gasteiger partial charge in [0.1, 0.15) is 11.5 Å². The molecule has 0 aliphatic rings. The number of phenolic OH excluding ortho intramolecular Hbond substituents is 1. The summed E-state index contributed by atoms with van der Waals surface area (Å²) < 4.78 is 10.1. The number of nitrogens with zero attached hydrogens (tertiary/aromatic N) is 3. The zero-order chi connectivity index (χ0) is 16.9. The molecule has 3 aromatic rings. The van der Waals surface area contributed by atoms with Crippen LogP contribution in [-0.4, -0.2) is 33.2 Å². The standard InChI is InChI=1S/C16H14N4O4/c1-23-11-2-3-12(13(21)8-11)16(22)18-9-14-19-15(20-24-14)10-4-6-17-7-5-10/h2-8,21H,9H2,1H3,(H,18,22). The number of aromatic nitrogens is 3. The largest absolute Gasteiger partial charge is 0.507 e. The van der Waals surface area contributed by atoms with E-state index in [-0.39, 0.29) is 23.7 Å². The maximum atomic E-state index is 12.1.